The molecule has 1 aliphatic carbocycles. The molecule has 7 heavy (non-hydrogen) atoms. The number of ether oxygens (including phenoxy) is 1. The van der Waals surface area contributed by atoms with Gasteiger partial charge in [-0.15, -0.1) is 0 Å². The Labute approximate surface area is 44.7 Å². The predicted molar refractivity (Wildman–Crippen MR) is 28.7 cm³/mol. The van der Waals surface area contributed by atoms with Crippen molar-refractivity contribution in [3.8, 4) is 0 Å². The molecular weight excluding hydrogens is 88.1 g/mol. The Kier molecular flexibility index (Phi) is 1.33. The average Bonchev–Trinajstić information content (AvgIpc) is 2.17. The molecule has 41 valence electrons. The van der Waals surface area contributed by atoms with E-state index in [1.54, 1.807) is 0 Å². The molecular formula is C6H11O. The molecule has 1 rings (SSSR count). The van der Waals surface area contributed by atoms with Crippen LogP contribution in [0.2, 0.25) is 0 Å². The first kappa shape index (κ1) is 5.10. The third-order valence-electron chi connectivity index (χ3n) is 0.856. The molecule has 0 aromatic carbocycles. The Balaban J connectivity index is 1.97. The molecule has 0 aliphatic heterocycles. The summed E-state index contributed by atoms with van der Waals surface area (Å²) in [5.41, 5.74) is 0. The average molecular weight is 99.2 g/mol. The zero-order valence-corrected chi connectivity index (χ0v) is 4.90. The molecule has 1 nitrogen and oxygen atoms in total. The molecule has 0 atom stereocenters. The normalized spacial score (nSPS) is 21.0. The van der Waals surface area contributed by atoms with Gasteiger partial charge in [0.05, 0.1) is 12.2 Å². The summed E-state index contributed by atoms with van der Waals surface area (Å²) in [6.45, 7) is 4.12. The Hall–Kier alpha value is -0.0400. The highest BCUT2D eigenvalue weighted by atomic mass is 16.5. The van der Waals surface area contributed by atoms with E-state index in [9.17, 15) is 0 Å². The highest BCUT2D eigenvalue weighted by Crippen LogP contribution is 2.33. The smallest absolute Gasteiger partial charge is 0.0976 e. The van der Waals surface area contributed by atoms with Crippen LogP contribution in [0.25, 0.3) is 0 Å². The van der Waals surface area contributed by atoms with Crippen molar-refractivity contribution in [1.82, 2.24) is 0 Å². The molecule has 0 N–H and O–H groups in total. The van der Waals surface area contributed by atoms with Crippen LogP contribution in [0, 0.1) is 6.10 Å². The van der Waals surface area contributed by atoms with Gasteiger partial charge in [0.1, 0.15) is 0 Å². The lowest BCUT2D eigenvalue weighted by atomic mass is 10.5. The van der Waals surface area contributed by atoms with Crippen molar-refractivity contribution in [2.45, 2.75) is 32.8 Å². The van der Waals surface area contributed by atoms with Crippen molar-refractivity contribution in [3.05, 3.63) is 6.10 Å². The van der Waals surface area contributed by atoms with E-state index in [0.29, 0.717) is 6.10 Å². The summed E-state index contributed by atoms with van der Waals surface area (Å²) in [6, 6.07) is 0. The Bertz CT molecular complexity index is 55.2. The van der Waals surface area contributed by atoms with E-state index in [2.05, 4.69) is 13.8 Å². The maximum absolute atomic E-state index is 5.28. The van der Waals surface area contributed by atoms with Crippen LogP contribution in [0.15, 0.2) is 0 Å². The number of hydrogen-bond acceptors (Lipinski definition) is 1. The first-order valence-corrected chi connectivity index (χ1v) is 2.80. The Morgan fingerprint density at radius 1 is 1.43 bits per heavy atom. The van der Waals surface area contributed by atoms with Crippen LogP contribution in [-0.2, 0) is 4.74 Å². The van der Waals surface area contributed by atoms with E-state index in [4.69, 9.17) is 4.74 Å². The zero-order chi connectivity index (χ0) is 5.28. The second-order valence-corrected chi connectivity index (χ2v) is 2.21. The van der Waals surface area contributed by atoms with Crippen molar-refractivity contribution in [2.24, 2.45) is 0 Å². The van der Waals surface area contributed by atoms with Gasteiger partial charge in [-0.1, -0.05) is 0 Å². The molecule has 0 spiro atoms. The molecule has 1 heteroatoms. The molecule has 1 radical (unpaired) electrons. The van der Waals surface area contributed by atoms with E-state index in [-0.39, 0.29) is 0 Å². The van der Waals surface area contributed by atoms with Gasteiger partial charge in [-0.2, -0.15) is 0 Å². The molecule has 0 aromatic heterocycles. The van der Waals surface area contributed by atoms with Gasteiger partial charge in [0, 0.05) is 0 Å². The minimum Gasteiger partial charge on any atom is -0.369 e. The van der Waals surface area contributed by atoms with Crippen molar-refractivity contribution in [3.63, 3.8) is 0 Å². The van der Waals surface area contributed by atoms with Crippen molar-refractivity contribution in [2.75, 3.05) is 0 Å². The fourth-order valence-electron chi connectivity index (χ4n) is 0.502. The van der Waals surface area contributed by atoms with Crippen LogP contribution < -0.4 is 0 Å². The standard InChI is InChI=1S/C6H11O/c1-5(2)7-6-3-4-6/h5H,3-4H2,1-2H3. The zero-order valence-electron chi connectivity index (χ0n) is 4.90. The van der Waals surface area contributed by atoms with Crippen LogP contribution in [-0.4, -0.2) is 6.10 Å². The van der Waals surface area contributed by atoms with Crippen molar-refractivity contribution in [1.29, 1.82) is 0 Å². The summed E-state index contributed by atoms with van der Waals surface area (Å²) in [7, 11) is 0. The maximum Gasteiger partial charge on any atom is 0.0976 e. The van der Waals surface area contributed by atoms with Gasteiger partial charge in [0.15, 0.2) is 0 Å². The molecule has 1 saturated carbocycles. The van der Waals surface area contributed by atoms with Gasteiger partial charge in [0.25, 0.3) is 0 Å². The topological polar surface area (TPSA) is 9.23 Å². The summed E-state index contributed by atoms with van der Waals surface area (Å²) in [5, 5.41) is 0. The van der Waals surface area contributed by atoms with Crippen molar-refractivity contribution < 1.29 is 4.74 Å². The molecule has 1 aliphatic rings. The second kappa shape index (κ2) is 1.83. The van der Waals surface area contributed by atoms with E-state index >= 15 is 0 Å². The summed E-state index contributed by atoms with van der Waals surface area (Å²) >= 11 is 0. The molecule has 0 aromatic rings. The first-order valence-electron chi connectivity index (χ1n) is 2.80. The summed E-state index contributed by atoms with van der Waals surface area (Å²) < 4.78 is 5.28. The fourth-order valence-corrected chi connectivity index (χ4v) is 0.502. The van der Waals surface area contributed by atoms with Crippen LogP contribution in [0.5, 0.6) is 0 Å². The van der Waals surface area contributed by atoms with E-state index < -0.39 is 0 Å². The molecule has 0 unspecified atom stereocenters. The largest absolute Gasteiger partial charge is 0.369 e. The van der Waals surface area contributed by atoms with E-state index in [0.717, 1.165) is 0 Å². The summed E-state index contributed by atoms with van der Waals surface area (Å²) in [6.07, 6.45) is 4.10. The highest BCUT2D eigenvalue weighted by Gasteiger charge is 2.24. The van der Waals surface area contributed by atoms with E-state index in [1.165, 1.54) is 18.9 Å². The highest BCUT2D eigenvalue weighted by molar-refractivity contribution is 4.95. The lowest BCUT2D eigenvalue weighted by Crippen LogP contribution is -1.98. The molecule has 1 fully saturated rings. The Morgan fingerprint density at radius 3 is 2.14 bits per heavy atom. The number of hydrogen-bond donors (Lipinski definition) is 0. The maximum atomic E-state index is 5.28. The molecule has 0 heterocycles. The van der Waals surface area contributed by atoms with Gasteiger partial charge in [-0.25, -0.2) is 0 Å². The minimum absolute atomic E-state index is 0.400. The van der Waals surface area contributed by atoms with Crippen molar-refractivity contribution >= 4 is 0 Å². The second-order valence-electron chi connectivity index (χ2n) is 2.21. The third-order valence-corrected chi connectivity index (χ3v) is 0.856. The first-order chi connectivity index (χ1) is 3.29. The van der Waals surface area contributed by atoms with Crippen LogP contribution in [0.4, 0.5) is 0 Å². The van der Waals surface area contributed by atoms with Gasteiger partial charge < -0.3 is 4.74 Å². The SMILES string of the molecule is CC(C)O[C]1CC1. The van der Waals surface area contributed by atoms with E-state index in [1.807, 2.05) is 0 Å². The van der Waals surface area contributed by atoms with Crippen LogP contribution >= 0.6 is 0 Å². The minimum atomic E-state index is 0.400. The lowest BCUT2D eigenvalue weighted by molar-refractivity contribution is 0.124. The quantitative estimate of drug-likeness (QED) is 0.512. The van der Waals surface area contributed by atoms with Gasteiger partial charge in [0.2, 0.25) is 0 Å². The predicted octanol–water partition coefficient (Wildman–Crippen LogP) is 1.74. The monoisotopic (exact) mass is 99.1 g/mol. The molecule has 0 saturated heterocycles. The molecule has 0 amide bonds. The lowest BCUT2D eigenvalue weighted by Gasteiger charge is -2.01. The van der Waals surface area contributed by atoms with Crippen LogP contribution in [0.3, 0.4) is 0 Å². The third kappa shape index (κ3) is 1.93. The van der Waals surface area contributed by atoms with Gasteiger partial charge in [-0.05, 0) is 26.7 Å². The number of rotatable bonds is 2. The van der Waals surface area contributed by atoms with Gasteiger partial charge >= 0.3 is 0 Å². The summed E-state index contributed by atoms with van der Waals surface area (Å²) in [5.74, 6) is 0. The Morgan fingerprint density at radius 2 is 2.00 bits per heavy atom. The van der Waals surface area contributed by atoms with Gasteiger partial charge in [-0.3, -0.25) is 0 Å². The van der Waals surface area contributed by atoms with Crippen LogP contribution in [0.1, 0.15) is 26.7 Å². The molecule has 0 bridgehead atoms. The summed E-state index contributed by atoms with van der Waals surface area (Å²) in [4.78, 5) is 0. The fraction of sp³-hybridized carbons (Fsp3) is 0.833.